The first-order chi connectivity index (χ1) is 20.5. The van der Waals surface area contributed by atoms with E-state index in [1.54, 1.807) is 0 Å². The van der Waals surface area contributed by atoms with Crippen molar-refractivity contribution >= 4 is 22.8 Å². The van der Waals surface area contributed by atoms with Crippen molar-refractivity contribution in [3.8, 4) is 0 Å². The third kappa shape index (κ3) is 5.80. The zero-order chi connectivity index (χ0) is 29.1. The average Bonchev–Trinajstić information content (AvgIpc) is 3.03. The molecule has 6 rings (SSSR count). The maximum absolute atomic E-state index is 13.6. The standard InChI is InChI=1S/C35H38N4O3/c1-25(2)39-18-17-31-29(23-39)33(28-15-9-10-16-30(28)36-31)35(41)42-24-32(40)37-19-21-38(22-20-37)34(26-11-5-3-6-12-26)27-13-7-4-8-14-27/h3-16,25,34H,17-24H2,1-2H3. The normalized spacial score (nSPS) is 16.1. The minimum absolute atomic E-state index is 0.124. The minimum Gasteiger partial charge on any atom is -0.452 e. The lowest BCUT2D eigenvalue weighted by Crippen LogP contribution is -2.50. The lowest BCUT2D eigenvalue weighted by atomic mass is 9.95. The number of hydrogen-bond donors (Lipinski definition) is 0. The van der Waals surface area contributed by atoms with E-state index in [0.717, 1.165) is 48.2 Å². The van der Waals surface area contributed by atoms with Gasteiger partial charge in [-0.05, 0) is 31.0 Å². The van der Waals surface area contributed by atoms with Gasteiger partial charge in [-0.25, -0.2) is 4.79 Å². The molecule has 0 unspecified atom stereocenters. The molecule has 0 atom stereocenters. The molecule has 1 aromatic heterocycles. The molecule has 2 aliphatic heterocycles. The third-order valence-corrected chi connectivity index (χ3v) is 8.60. The van der Waals surface area contributed by atoms with E-state index in [-0.39, 0.29) is 18.6 Å². The summed E-state index contributed by atoms with van der Waals surface area (Å²) in [5.74, 6) is -0.606. The minimum atomic E-state index is -0.448. The number of nitrogens with zero attached hydrogens (tertiary/aromatic N) is 4. The van der Waals surface area contributed by atoms with Crippen LogP contribution in [0.4, 0.5) is 0 Å². The molecule has 0 radical (unpaired) electrons. The summed E-state index contributed by atoms with van der Waals surface area (Å²) in [4.78, 5) is 38.3. The number of fused-ring (bicyclic) bond motifs is 2. The van der Waals surface area contributed by atoms with Crippen LogP contribution in [0.2, 0.25) is 0 Å². The summed E-state index contributed by atoms with van der Waals surface area (Å²) in [6.45, 7) is 8.27. The van der Waals surface area contributed by atoms with Crippen LogP contribution in [0.3, 0.4) is 0 Å². The van der Waals surface area contributed by atoms with Gasteiger partial charge in [-0.1, -0.05) is 78.9 Å². The Kier molecular flexibility index (Phi) is 8.31. The van der Waals surface area contributed by atoms with E-state index in [2.05, 4.69) is 72.2 Å². The number of rotatable bonds is 7. The van der Waals surface area contributed by atoms with Crippen molar-refractivity contribution in [1.82, 2.24) is 19.7 Å². The fourth-order valence-electron chi connectivity index (χ4n) is 6.29. The molecule has 0 N–H and O–H groups in total. The van der Waals surface area contributed by atoms with Crippen molar-refractivity contribution in [3.63, 3.8) is 0 Å². The Balaban J connectivity index is 1.14. The van der Waals surface area contributed by atoms with Crippen molar-refractivity contribution in [2.75, 3.05) is 39.3 Å². The number of carbonyl (C=O) groups is 2. The fourth-order valence-corrected chi connectivity index (χ4v) is 6.29. The van der Waals surface area contributed by atoms with Crippen LogP contribution in [0.1, 0.15) is 52.6 Å². The first-order valence-electron chi connectivity index (χ1n) is 14.9. The first kappa shape index (κ1) is 28.1. The second kappa shape index (κ2) is 12.4. The van der Waals surface area contributed by atoms with Gasteiger partial charge in [0.15, 0.2) is 6.61 Å². The van der Waals surface area contributed by atoms with Crippen molar-refractivity contribution in [1.29, 1.82) is 0 Å². The van der Waals surface area contributed by atoms with Crippen molar-refractivity contribution < 1.29 is 14.3 Å². The highest BCUT2D eigenvalue weighted by Gasteiger charge is 2.30. The van der Waals surface area contributed by atoms with Crippen molar-refractivity contribution in [2.45, 2.75) is 38.9 Å². The first-order valence-corrected chi connectivity index (χ1v) is 14.9. The monoisotopic (exact) mass is 562 g/mol. The van der Waals surface area contributed by atoms with Crippen LogP contribution < -0.4 is 0 Å². The number of aromatic nitrogens is 1. The molecule has 3 aromatic carbocycles. The summed E-state index contributed by atoms with van der Waals surface area (Å²) in [5, 5.41) is 0.779. The Morgan fingerprint density at radius 3 is 2.05 bits per heavy atom. The van der Waals surface area contributed by atoms with Gasteiger partial charge in [-0.2, -0.15) is 0 Å². The maximum Gasteiger partial charge on any atom is 0.339 e. The van der Waals surface area contributed by atoms with Crippen molar-refractivity contribution in [3.05, 3.63) is 113 Å². The molecule has 1 amide bonds. The molecule has 216 valence electrons. The Hall–Kier alpha value is -4.07. The number of ether oxygens (including phenoxy) is 1. The van der Waals surface area contributed by atoms with Crippen LogP contribution in [0, 0.1) is 0 Å². The van der Waals surface area contributed by atoms with Crippen LogP contribution in [0.5, 0.6) is 0 Å². The molecule has 2 aliphatic rings. The summed E-state index contributed by atoms with van der Waals surface area (Å²) >= 11 is 0. The van der Waals surface area contributed by atoms with E-state index in [9.17, 15) is 9.59 Å². The Labute approximate surface area is 247 Å². The Morgan fingerprint density at radius 1 is 0.786 bits per heavy atom. The van der Waals surface area contributed by atoms with Gasteiger partial charge in [-0.3, -0.25) is 19.6 Å². The SMILES string of the molecule is CC(C)N1CCc2nc3ccccc3c(C(=O)OCC(=O)N3CCN(C(c4ccccc4)c4ccccc4)CC3)c2C1. The molecular formula is C35H38N4O3. The summed E-state index contributed by atoms with van der Waals surface area (Å²) in [5.41, 5.74) is 5.68. The summed E-state index contributed by atoms with van der Waals surface area (Å²) in [6.07, 6.45) is 0.787. The van der Waals surface area contributed by atoms with Crippen LogP contribution in [-0.2, 0) is 22.5 Å². The summed E-state index contributed by atoms with van der Waals surface area (Å²) in [6, 6.07) is 29.2. The van der Waals surface area contributed by atoms with E-state index in [0.29, 0.717) is 31.2 Å². The second-order valence-corrected chi connectivity index (χ2v) is 11.5. The topological polar surface area (TPSA) is 66.0 Å². The van der Waals surface area contributed by atoms with Gasteiger partial charge in [0.2, 0.25) is 0 Å². The van der Waals surface area contributed by atoms with Gasteiger partial charge in [0.25, 0.3) is 5.91 Å². The van der Waals surface area contributed by atoms with E-state index < -0.39 is 5.97 Å². The average molecular weight is 563 g/mol. The number of carbonyl (C=O) groups excluding carboxylic acids is 2. The third-order valence-electron chi connectivity index (χ3n) is 8.60. The zero-order valence-electron chi connectivity index (χ0n) is 24.4. The number of pyridine rings is 1. The van der Waals surface area contributed by atoms with Gasteiger partial charge >= 0.3 is 5.97 Å². The van der Waals surface area contributed by atoms with E-state index >= 15 is 0 Å². The molecule has 42 heavy (non-hydrogen) atoms. The van der Waals surface area contributed by atoms with Gasteiger partial charge in [0.1, 0.15) is 0 Å². The van der Waals surface area contributed by atoms with Crippen LogP contribution in [0.25, 0.3) is 10.9 Å². The van der Waals surface area contributed by atoms with Crippen LogP contribution in [0.15, 0.2) is 84.9 Å². The molecule has 7 heteroatoms. The zero-order valence-corrected chi connectivity index (χ0v) is 24.4. The predicted molar refractivity (Wildman–Crippen MR) is 164 cm³/mol. The van der Waals surface area contributed by atoms with E-state index in [4.69, 9.17) is 9.72 Å². The molecule has 1 fully saturated rings. The Morgan fingerprint density at radius 2 is 1.40 bits per heavy atom. The number of hydrogen-bond acceptors (Lipinski definition) is 6. The van der Waals surface area contributed by atoms with Crippen LogP contribution in [-0.4, -0.2) is 76.9 Å². The lowest BCUT2D eigenvalue weighted by molar-refractivity contribution is -0.136. The number of amides is 1. The number of benzene rings is 3. The molecule has 3 heterocycles. The molecule has 0 saturated carbocycles. The molecule has 4 aromatic rings. The highest BCUT2D eigenvalue weighted by Crippen LogP contribution is 2.31. The van der Waals surface area contributed by atoms with Gasteiger partial charge < -0.3 is 9.64 Å². The number of esters is 1. The number of piperazine rings is 1. The van der Waals surface area contributed by atoms with Crippen LogP contribution >= 0.6 is 0 Å². The summed E-state index contributed by atoms with van der Waals surface area (Å²) in [7, 11) is 0. The molecule has 0 bridgehead atoms. The van der Waals surface area contributed by atoms with E-state index in [1.807, 2.05) is 41.3 Å². The molecule has 7 nitrogen and oxygen atoms in total. The lowest BCUT2D eigenvalue weighted by Gasteiger charge is -2.39. The smallest absolute Gasteiger partial charge is 0.339 e. The van der Waals surface area contributed by atoms with Crippen molar-refractivity contribution in [2.24, 2.45) is 0 Å². The molecule has 0 spiro atoms. The quantitative estimate of drug-likeness (QED) is 0.293. The van der Waals surface area contributed by atoms with Gasteiger partial charge in [0.05, 0.1) is 17.1 Å². The highest BCUT2D eigenvalue weighted by molar-refractivity contribution is 6.05. The largest absolute Gasteiger partial charge is 0.452 e. The number of para-hydroxylation sites is 1. The summed E-state index contributed by atoms with van der Waals surface area (Å²) < 4.78 is 5.74. The molecule has 1 saturated heterocycles. The Bertz CT molecular complexity index is 1510. The highest BCUT2D eigenvalue weighted by atomic mass is 16.5. The van der Waals surface area contributed by atoms with Gasteiger partial charge in [-0.15, -0.1) is 0 Å². The fraction of sp³-hybridized carbons (Fsp3) is 0.343. The molecular weight excluding hydrogens is 524 g/mol. The second-order valence-electron chi connectivity index (χ2n) is 11.5. The molecule has 0 aliphatic carbocycles. The van der Waals surface area contributed by atoms with Gasteiger partial charge in [0, 0.05) is 68.4 Å². The van der Waals surface area contributed by atoms with E-state index in [1.165, 1.54) is 11.1 Å². The maximum atomic E-state index is 13.6. The predicted octanol–water partition coefficient (Wildman–Crippen LogP) is 5.09.